The third-order valence-electron chi connectivity index (χ3n) is 3.22. The molecule has 0 amide bonds. The fourth-order valence-electron chi connectivity index (χ4n) is 2.13. The van der Waals surface area contributed by atoms with Crippen LogP contribution < -0.4 is 5.32 Å². The van der Waals surface area contributed by atoms with Crippen LogP contribution in [0.3, 0.4) is 0 Å². The van der Waals surface area contributed by atoms with Crippen LogP contribution in [0.15, 0.2) is 36.7 Å². The molecule has 0 unspecified atom stereocenters. The molecular weight excluding hydrogens is 280 g/mol. The van der Waals surface area contributed by atoms with Crippen molar-refractivity contribution in [2.75, 3.05) is 0 Å². The number of para-hydroxylation sites is 1. The standard InChI is InChI=1S/C16H20N4S/c1-16(2,3)18-10-14-17-8-9-20(14)11-15-19-12-6-4-5-7-13(12)21-15/h4-9,18H,10-11H2,1-3H3. The molecule has 21 heavy (non-hydrogen) atoms. The number of benzene rings is 1. The fraction of sp³-hybridized carbons (Fsp3) is 0.375. The smallest absolute Gasteiger partial charge is 0.123 e. The summed E-state index contributed by atoms with van der Waals surface area (Å²) in [4.78, 5) is 9.13. The van der Waals surface area contributed by atoms with Gasteiger partial charge in [-0.05, 0) is 32.9 Å². The number of fused-ring (bicyclic) bond motifs is 1. The normalized spacial score (nSPS) is 12.1. The summed E-state index contributed by atoms with van der Waals surface area (Å²) in [6.07, 6.45) is 3.87. The van der Waals surface area contributed by atoms with Crippen LogP contribution in [0.2, 0.25) is 0 Å². The molecule has 5 heteroatoms. The van der Waals surface area contributed by atoms with Gasteiger partial charge in [0.2, 0.25) is 0 Å². The molecule has 0 atom stereocenters. The maximum Gasteiger partial charge on any atom is 0.123 e. The number of thiazole rings is 1. The van der Waals surface area contributed by atoms with E-state index in [0.29, 0.717) is 0 Å². The van der Waals surface area contributed by atoms with Gasteiger partial charge in [-0.15, -0.1) is 11.3 Å². The van der Waals surface area contributed by atoms with E-state index >= 15 is 0 Å². The molecule has 1 N–H and O–H groups in total. The van der Waals surface area contributed by atoms with E-state index in [1.165, 1.54) is 4.70 Å². The Morgan fingerprint density at radius 1 is 1.24 bits per heavy atom. The van der Waals surface area contributed by atoms with E-state index < -0.39 is 0 Å². The third kappa shape index (κ3) is 3.49. The Balaban J connectivity index is 1.77. The Labute approximate surface area is 128 Å². The molecule has 1 aromatic carbocycles. The lowest BCUT2D eigenvalue weighted by Gasteiger charge is -2.20. The first kappa shape index (κ1) is 14.2. The van der Waals surface area contributed by atoms with Crippen molar-refractivity contribution in [3.63, 3.8) is 0 Å². The van der Waals surface area contributed by atoms with Crippen molar-refractivity contribution in [1.29, 1.82) is 0 Å². The number of hydrogen-bond acceptors (Lipinski definition) is 4. The van der Waals surface area contributed by atoms with Crippen LogP contribution in [0.1, 0.15) is 31.6 Å². The van der Waals surface area contributed by atoms with E-state index in [1.54, 1.807) is 11.3 Å². The van der Waals surface area contributed by atoms with Crippen molar-refractivity contribution in [3.8, 4) is 0 Å². The Bertz CT molecular complexity index is 703. The summed E-state index contributed by atoms with van der Waals surface area (Å²) < 4.78 is 3.40. The number of hydrogen-bond donors (Lipinski definition) is 1. The van der Waals surface area contributed by atoms with Gasteiger partial charge in [-0.2, -0.15) is 0 Å². The highest BCUT2D eigenvalue weighted by molar-refractivity contribution is 7.18. The number of nitrogens with zero attached hydrogens (tertiary/aromatic N) is 3. The molecule has 0 fully saturated rings. The minimum Gasteiger partial charge on any atom is -0.327 e. The maximum absolute atomic E-state index is 4.69. The second-order valence-corrected chi connectivity index (χ2v) is 7.27. The molecule has 0 saturated carbocycles. The summed E-state index contributed by atoms with van der Waals surface area (Å²) >= 11 is 1.75. The van der Waals surface area contributed by atoms with Gasteiger partial charge in [0.05, 0.1) is 23.3 Å². The second-order valence-electron chi connectivity index (χ2n) is 6.15. The lowest BCUT2D eigenvalue weighted by molar-refractivity contribution is 0.413. The molecule has 0 bridgehead atoms. The van der Waals surface area contributed by atoms with Crippen LogP contribution in [0.5, 0.6) is 0 Å². The molecule has 4 nitrogen and oxygen atoms in total. The molecule has 0 radical (unpaired) electrons. The van der Waals surface area contributed by atoms with Crippen LogP contribution in [-0.4, -0.2) is 20.1 Å². The molecule has 2 heterocycles. The molecular formula is C16H20N4S. The Kier molecular flexibility index (Phi) is 3.78. The average molecular weight is 300 g/mol. The van der Waals surface area contributed by atoms with Gasteiger partial charge in [0.25, 0.3) is 0 Å². The minimum atomic E-state index is 0.0899. The van der Waals surface area contributed by atoms with Gasteiger partial charge in [-0.25, -0.2) is 9.97 Å². The van der Waals surface area contributed by atoms with E-state index in [1.807, 2.05) is 18.5 Å². The highest BCUT2D eigenvalue weighted by atomic mass is 32.1. The van der Waals surface area contributed by atoms with Gasteiger partial charge in [0.15, 0.2) is 0 Å². The van der Waals surface area contributed by atoms with Crippen molar-refractivity contribution < 1.29 is 0 Å². The van der Waals surface area contributed by atoms with E-state index in [4.69, 9.17) is 0 Å². The van der Waals surface area contributed by atoms with Crippen LogP contribution in [-0.2, 0) is 13.1 Å². The number of imidazole rings is 1. The zero-order valence-corrected chi connectivity index (χ0v) is 13.4. The second kappa shape index (κ2) is 5.58. The Morgan fingerprint density at radius 3 is 2.81 bits per heavy atom. The predicted molar refractivity (Wildman–Crippen MR) is 87.5 cm³/mol. The molecule has 0 aliphatic heterocycles. The quantitative estimate of drug-likeness (QED) is 0.802. The first-order chi connectivity index (χ1) is 10.0. The van der Waals surface area contributed by atoms with Crippen LogP contribution >= 0.6 is 11.3 Å². The topological polar surface area (TPSA) is 42.7 Å². The Hall–Kier alpha value is -1.72. The summed E-state index contributed by atoms with van der Waals surface area (Å²) in [7, 11) is 0. The zero-order valence-electron chi connectivity index (χ0n) is 12.6. The molecule has 0 spiro atoms. The highest BCUT2D eigenvalue weighted by Crippen LogP contribution is 2.22. The first-order valence-corrected chi connectivity index (χ1v) is 7.92. The number of nitrogens with one attached hydrogen (secondary N) is 1. The molecule has 0 aliphatic rings. The molecule has 2 aromatic heterocycles. The summed E-state index contributed by atoms with van der Waals surface area (Å²) in [6, 6.07) is 8.26. The van der Waals surface area contributed by atoms with Crippen LogP contribution in [0.4, 0.5) is 0 Å². The third-order valence-corrected chi connectivity index (χ3v) is 4.24. The summed E-state index contributed by atoms with van der Waals surface area (Å²) in [5.74, 6) is 1.05. The molecule has 0 aliphatic carbocycles. The van der Waals surface area contributed by atoms with Gasteiger partial charge in [0, 0.05) is 17.9 Å². The van der Waals surface area contributed by atoms with E-state index in [2.05, 4.69) is 58.8 Å². The molecule has 110 valence electrons. The van der Waals surface area contributed by atoms with Gasteiger partial charge >= 0.3 is 0 Å². The Morgan fingerprint density at radius 2 is 2.05 bits per heavy atom. The average Bonchev–Trinajstić information content (AvgIpc) is 3.01. The predicted octanol–water partition coefficient (Wildman–Crippen LogP) is 3.43. The van der Waals surface area contributed by atoms with Crippen LogP contribution in [0.25, 0.3) is 10.2 Å². The zero-order chi connectivity index (χ0) is 14.9. The number of aromatic nitrogens is 3. The minimum absolute atomic E-state index is 0.0899. The fourth-order valence-corrected chi connectivity index (χ4v) is 3.10. The molecule has 3 rings (SSSR count). The van der Waals surface area contributed by atoms with Gasteiger partial charge in [0.1, 0.15) is 10.8 Å². The van der Waals surface area contributed by atoms with Crippen molar-refractivity contribution in [2.24, 2.45) is 0 Å². The van der Waals surface area contributed by atoms with Crippen molar-refractivity contribution in [1.82, 2.24) is 19.9 Å². The maximum atomic E-state index is 4.69. The van der Waals surface area contributed by atoms with Crippen molar-refractivity contribution in [3.05, 3.63) is 47.5 Å². The van der Waals surface area contributed by atoms with E-state index in [0.717, 1.165) is 29.4 Å². The lowest BCUT2D eigenvalue weighted by atomic mass is 10.1. The number of rotatable bonds is 4. The first-order valence-electron chi connectivity index (χ1n) is 7.11. The van der Waals surface area contributed by atoms with E-state index in [9.17, 15) is 0 Å². The largest absolute Gasteiger partial charge is 0.327 e. The van der Waals surface area contributed by atoms with Gasteiger partial charge in [-0.1, -0.05) is 12.1 Å². The van der Waals surface area contributed by atoms with E-state index in [-0.39, 0.29) is 5.54 Å². The van der Waals surface area contributed by atoms with Gasteiger partial charge in [-0.3, -0.25) is 0 Å². The lowest BCUT2D eigenvalue weighted by Crippen LogP contribution is -2.35. The molecule has 0 saturated heterocycles. The summed E-state index contributed by atoms with van der Waals surface area (Å²) in [6.45, 7) is 8.03. The van der Waals surface area contributed by atoms with Crippen molar-refractivity contribution in [2.45, 2.75) is 39.4 Å². The SMILES string of the molecule is CC(C)(C)NCc1nccn1Cc1nc2ccccc2s1. The summed E-state index contributed by atoms with van der Waals surface area (Å²) in [5.41, 5.74) is 1.17. The highest BCUT2D eigenvalue weighted by Gasteiger charge is 2.12. The summed E-state index contributed by atoms with van der Waals surface area (Å²) in [5, 5.41) is 4.59. The van der Waals surface area contributed by atoms with Crippen molar-refractivity contribution >= 4 is 21.6 Å². The monoisotopic (exact) mass is 300 g/mol. The van der Waals surface area contributed by atoms with Gasteiger partial charge < -0.3 is 9.88 Å². The van der Waals surface area contributed by atoms with Crippen LogP contribution in [0, 0.1) is 0 Å². The molecule has 3 aromatic rings.